The van der Waals surface area contributed by atoms with Crippen molar-refractivity contribution in [3.63, 3.8) is 0 Å². The molecule has 2 N–H and O–H groups in total. The summed E-state index contributed by atoms with van der Waals surface area (Å²) in [5, 5.41) is 2.48. The first kappa shape index (κ1) is 17.1. The lowest BCUT2D eigenvalue weighted by Crippen LogP contribution is -2.45. The van der Waals surface area contributed by atoms with Gasteiger partial charge in [-0.2, -0.15) is 0 Å². The predicted octanol–water partition coefficient (Wildman–Crippen LogP) is 3.45. The van der Waals surface area contributed by atoms with Crippen LogP contribution in [-0.4, -0.2) is 37.2 Å². The summed E-state index contributed by atoms with van der Waals surface area (Å²) in [6, 6.07) is 15.2. The highest BCUT2D eigenvalue weighted by molar-refractivity contribution is 5.85. The maximum atomic E-state index is 5.93. The first-order chi connectivity index (χ1) is 10.4. The molecule has 1 atom stereocenters. The fraction of sp³-hybridized carbons (Fsp3) is 0.444. The third-order valence-corrected chi connectivity index (χ3v) is 4.39. The van der Waals surface area contributed by atoms with Crippen molar-refractivity contribution in [2.45, 2.75) is 25.3 Å². The van der Waals surface area contributed by atoms with Crippen LogP contribution in [-0.2, 0) is 0 Å². The van der Waals surface area contributed by atoms with Gasteiger partial charge in [0.25, 0.3) is 0 Å². The van der Waals surface area contributed by atoms with Gasteiger partial charge >= 0.3 is 0 Å². The van der Waals surface area contributed by atoms with E-state index >= 15 is 0 Å². The molecule has 0 aliphatic carbocycles. The molecule has 1 aliphatic rings. The zero-order chi connectivity index (χ0) is 14.5. The molecule has 22 heavy (non-hydrogen) atoms. The van der Waals surface area contributed by atoms with E-state index in [-0.39, 0.29) is 12.4 Å². The van der Waals surface area contributed by atoms with E-state index in [2.05, 4.69) is 47.4 Å². The molecule has 2 aromatic carbocycles. The lowest BCUT2D eigenvalue weighted by molar-refractivity contribution is 0.127. The monoisotopic (exact) mass is 320 g/mol. The summed E-state index contributed by atoms with van der Waals surface area (Å²) in [4.78, 5) is 2.48. The van der Waals surface area contributed by atoms with Crippen molar-refractivity contribution < 1.29 is 4.74 Å². The van der Waals surface area contributed by atoms with E-state index in [0.717, 1.165) is 32.0 Å². The molecule has 1 fully saturated rings. The summed E-state index contributed by atoms with van der Waals surface area (Å²) in [6.07, 6.45) is 3.82. The number of hydrogen-bond acceptors (Lipinski definition) is 3. The second-order valence-corrected chi connectivity index (χ2v) is 5.78. The van der Waals surface area contributed by atoms with Gasteiger partial charge in [-0.15, -0.1) is 12.4 Å². The number of fused-ring (bicyclic) bond motifs is 1. The Hall–Kier alpha value is -1.29. The number of ether oxygens (including phenoxy) is 1. The first-order valence-electron chi connectivity index (χ1n) is 7.92. The van der Waals surface area contributed by atoms with Crippen molar-refractivity contribution in [3.05, 3.63) is 42.5 Å². The molecule has 0 radical (unpaired) electrons. The topological polar surface area (TPSA) is 38.5 Å². The molecule has 3 nitrogen and oxygen atoms in total. The second kappa shape index (κ2) is 8.37. The molecule has 0 aromatic heterocycles. The van der Waals surface area contributed by atoms with Crippen molar-refractivity contribution in [2.24, 2.45) is 5.73 Å². The van der Waals surface area contributed by atoms with Crippen LogP contribution in [0.1, 0.15) is 19.3 Å². The molecule has 3 rings (SSSR count). The smallest absolute Gasteiger partial charge is 0.120 e. The van der Waals surface area contributed by atoms with Crippen LogP contribution in [0.15, 0.2) is 42.5 Å². The van der Waals surface area contributed by atoms with Crippen LogP contribution in [0.3, 0.4) is 0 Å². The molecule has 1 aliphatic heterocycles. The number of nitrogens with two attached hydrogens (primary N) is 1. The number of rotatable bonds is 5. The van der Waals surface area contributed by atoms with Crippen LogP contribution in [0.2, 0.25) is 0 Å². The Morgan fingerprint density at radius 2 is 1.91 bits per heavy atom. The van der Waals surface area contributed by atoms with Gasteiger partial charge in [-0.3, -0.25) is 4.90 Å². The highest BCUT2D eigenvalue weighted by Gasteiger charge is 2.20. The number of nitrogens with zero attached hydrogens (tertiary/aromatic N) is 1. The maximum absolute atomic E-state index is 5.93. The van der Waals surface area contributed by atoms with Crippen LogP contribution in [0.25, 0.3) is 10.8 Å². The fourth-order valence-electron chi connectivity index (χ4n) is 3.16. The lowest BCUT2D eigenvalue weighted by atomic mass is 10.0. The van der Waals surface area contributed by atoms with Gasteiger partial charge in [0, 0.05) is 19.1 Å². The van der Waals surface area contributed by atoms with Crippen molar-refractivity contribution in [3.8, 4) is 5.75 Å². The van der Waals surface area contributed by atoms with Crippen molar-refractivity contribution >= 4 is 23.2 Å². The van der Waals surface area contributed by atoms with Gasteiger partial charge in [0.2, 0.25) is 0 Å². The van der Waals surface area contributed by atoms with Gasteiger partial charge in [-0.25, -0.2) is 0 Å². The summed E-state index contributed by atoms with van der Waals surface area (Å²) in [6.45, 7) is 3.61. The minimum Gasteiger partial charge on any atom is -0.492 e. The van der Waals surface area contributed by atoms with Crippen LogP contribution in [0.5, 0.6) is 5.75 Å². The molecule has 0 bridgehead atoms. The quantitative estimate of drug-likeness (QED) is 0.917. The van der Waals surface area contributed by atoms with Gasteiger partial charge in [-0.05, 0) is 42.3 Å². The van der Waals surface area contributed by atoms with Crippen molar-refractivity contribution in [1.82, 2.24) is 4.90 Å². The van der Waals surface area contributed by atoms with E-state index in [1.807, 2.05) is 0 Å². The molecule has 0 saturated carbocycles. The van der Waals surface area contributed by atoms with Gasteiger partial charge in [0.15, 0.2) is 0 Å². The van der Waals surface area contributed by atoms with Gasteiger partial charge in [0.1, 0.15) is 12.4 Å². The van der Waals surface area contributed by atoms with Crippen molar-refractivity contribution in [1.29, 1.82) is 0 Å². The van der Waals surface area contributed by atoms with Gasteiger partial charge in [0.05, 0.1) is 0 Å². The summed E-state index contributed by atoms with van der Waals surface area (Å²) in [7, 11) is 0. The summed E-state index contributed by atoms with van der Waals surface area (Å²) < 4.78 is 5.93. The Bertz CT molecular complexity index is 590. The average molecular weight is 321 g/mol. The third kappa shape index (κ3) is 4.13. The van der Waals surface area contributed by atoms with Crippen LogP contribution in [0.4, 0.5) is 0 Å². The normalized spacial score (nSPS) is 18.9. The predicted molar refractivity (Wildman–Crippen MR) is 95.0 cm³/mol. The molecule has 0 amide bonds. The Morgan fingerprint density at radius 3 is 2.73 bits per heavy atom. The highest BCUT2D eigenvalue weighted by atomic mass is 35.5. The lowest BCUT2D eigenvalue weighted by Gasteiger charge is -2.34. The molecule has 1 heterocycles. The zero-order valence-corrected chi connectivity index (χ0v) is 13.7. The molecule has 1 saturated heterocycles. The van der Waals surface area contributed by atoms with E-state index < -0.39 is 0 Å². The van der Waals surface area contributed by atoms with Crippen LogP contribution in [0, 0.1) is 0 Å². The SMILES string of the molecule is Cl.NCC1CCCCN1CCOc1ccc2ccccc2c1. The van der Waals surface area contributed by atoms with Crippen molar-refractivity contribution in [2.75, 3.05) is 26.2 Å². The minimum atomic E-state index is 0. The molecular formula is C18H25ClN2O. The van der Waals surface area contributed by atoms with E-state index in [4.69, 9.17) is 10.5 Å². The molecule has 4 heteroatoms. The molecule has 2 aromatic rings. The highest BCUT2D eigenvalue weighted by Crippen LogP contribution is 2.21. The molecule has 1 unspecified atom stereocenters. The van der Waals surface area contributed by atoms with Gasteiger partial charge < -0.3 is 10.5 Å². The number of benzene rings is 2. The van der Waals surface area contributed by atoms with Crippen LogP contribution < -0.4 is 10.5 Å². The number of halogens is 1. The van der Waals surface area contributed by atoms with E-state index in [0.29, 0.717) is 6.04 Å². The van der Waals surface area contributed by atoms with E-state index in [1.165, 1.54) is 30.0 Å². The molecular weight excluding hydrogens is 296 g/mol. The summed E-state index contributed by atoms with van der Waals surface area (Å²) in [5.41, 5.74) is 5.86. The summed E-state index contributed by atoms with van der Waals surface area (Å²) in [5.74, 6) is 0.954. The first-order valence-corrected chi connectivity index (χ1v) is 7.92. The standard InChI is InChI=1S/C18H24N2O.ClH/c19-14-17-7-3-4-10-20(17)11-12-21-18-9-8-15-5-1-2-6-16(15)13-18;/h1-2,5-6,8-9,13,17H,3-4,7,10-12,14,19H2;1H. The Labute approximate surface area is 138 Å². The summed E-state index contributed by atoms with van der Waals surface area (Å²) >= 11 is 0. The van der Waals surface area contributed by atoms with E-state index in [1.54, 1.807) is 0 Å². The third-order valence-electron chi connectivity index (χ3n) is 4.39. The Kier molecular flexibility index (Phi) is 6.49. The van der Waals surface area contributed by atoms with Gasteiger partial charge in [-0.1, -0.05) is 36.8 Å². The Morgan fingerprint density at radius 1 is 1.09 bits per heavy atom. The number of hydrogen-bond donors (Lipinski definition) is 1. The fourth-order valence-corrected chi connectivity index (χ4v) is 3.16. The zero-order valence-electron chi connectivity index (χ0n) is 12.9. The largest absolute Gasteiger partial charge is 0.492 e. The molecule has 0 spiro atoms. The number of likely N-dealkylation sites (tertiary alicyclic amines) is 1. The number of piperidine rings is 1. The van der Waals surface area contributed by atoms with E-state index in [9.17, 15) is 0 Å². The Balaban J connectivity index is 0.00000176. The van der Waals surface area contributed by atoms with Crippen LogP contribution >= 0.6 is 12.4 Å². The molecule has 120 valence electrons. The minimum absolute atomic E-state index is 0. The average Bonchev–Trinajstić information content (AvgIpc) is 2.55. The second-order valence-electron chi connectivity index (χ2n) is 5.78. The maximum Gasteiger partial charge on any atom is 0.120 e.